The number of esters is 3. The molecular weight excluding hydrogens is 1010 g/mol. The van der Waals surface area contributed by atoms with Gasteiger partial charge in [-0.3, -0.25) is 33.8 Å². The number of anilines is 1. The van der Waals surface area contributed by atoms with Gasteiger partial charge in [-0.25, -0.2) is 9.69 Å². The highest BCUT2D eigenvalue weighted by Crippen LogP contribution is 2.66. The number of benzene rings is 6. The third-order valence-electron chi connectivity index (χ3n) is 15.8. The number of nitrogens with zero attached hydrogens (tertiary/aromatic N) is 4. The lowest BCUT2D eigenvalue weighted by Gasteiger charge is -2.46. The smallest absolute Gasteiger partial charge is 0.329 e. The normalized spacial score (nSPS) is 22.6. The van der Waals surface area contributed by atoms with Gasteiger partial charge in [0.2, 0.25) is 18.6 Å². The zero-order valence-electron chi connectivity index (χ0n) is 43.7. The van der Waals surface area contributed by atoms with Crippen molar-refractivity contribution in [2.45, 2.75) is 55.6 Å². The predicted octanol–water partition coefficient (Wildman–Crippen LogP) is 7.31. The molecular formula is C62H57N5O12. The fourth-order valence-corrected chi connectivity index (χ4v) is 12.1. The van der Waals surface area contributed by atoms with E-state index in [1.165, 1.54) is 12.1 Å². The monoisotopic (exact) mass is 1060 g/mol. The van der Waals surface area contributed by atoms with Crippen molar-refractivity contribution in [2.24, 2.45) is 11.8 Å². The number of imide groups is 1. The highest BCUT2D eigenvalue weighted by molar-refractivity contribution is 6.24. The lowest BCUT2D eigenvalue weighted by Crippen LogP contribution is -2.59. The summed E-state index contributed by atoms with van der Waals surface area (Å²) in [7, 11) is 2.31. The number of piperazine rings is 1. The maximum Gasteiger partial charge on any atom is 0.329 e. The van der Waals surface area contributed by atoms with Crippen LogP contribution in [0.15, 0.2) is 152 Å². The number of morpholine rings is 1. The van der Waals surface area contributed by atoms with Gasteiger partial charge in [-0.15, -0.1) is 0 Å². The van der Waals surface area contributed by atoms with Crippen molar-refractivity contribution in [3.8, 4) is 29.1 Å². The quantitative estimate of drug-likeness (QED) is 0.0568. The Morgan fingerprint density at radius 3 is 2.05 bits per heavy atom. The molecule has 402 valence electrons. The van der Waals surface area contributed by atoms with Gasteiger partial charge in [0.25, 0.3) is 0 Å². The molecule has 0 saturated carbocycles. The Kier molecular flexibility index (Phi) is 14.4. The summed E-state index contributed by atoms with van der Waals surface area (Å²) in [4.78, 5) is 96.9. The minimum absolute atomic E-state index is 0.0674. The van der Waals surface area contributed by atoms with E-state index >= 15 is 19.2 Å². The van der Waals surface area contributed by atoms with Crippen LogP contribution in [-0.4, -0.2) is 109 Å². The number of rotatable bonds is 11. The summed E-state index contributed by atoms with van der Waals surface area (Å²) in [6.45, 7) is 3.84. The van der Waals surface area contributed by atoms with Crippen molar-refractivity contribution in [1.82, 2.24) is 20.0 Å². The second-order valence-electron chi connectivity index (χ2n) is 20.2. The zero-order chi connectivity index (χ0) is 55.0. The zero-order valence-corrected chi connectivity index (χ0v) is 43.7. The number of fused-ring (bicyclic) bond motifs is 4. The van der Waals surface area contributed by atoms with Gasteiger partial charge in [0.1, 0.15) is 23.3 Å². The van der Waals surface area contributed by atoms with E-state index in [1.807, 2.05) is 114 Å². The molecule has 0 unspecified atom stereocenters. The molecule has 5 aliphatic rings. The Morgan fingerprint density at radius 1 is 0.734 bits per heavy atom. The summed E-state index contributed by atoms with van der Waals surface area (Å²) >= 11 is 0. The number of phenols is 1. The number of methoxy groups -OCH3 is 2. The topological polar surface area (TPSA) is 194 Å². The number of nitrogens with one attached hydrogen (secondary N) is 1. The molecule has 6 aromatic carbocycles. The molecule has 11 rings (SSSR count). The summed E-state index contributed by atoms with van der Waals surface area (Å²) in [6.07, 6.45) is -1.25. The van der Waals surface area contributed by atoms with Crippen molar-refractivity contribution in [2.75, 3.05) is 52.1 Å². The largest absolute Gasteiger partial charge is 0.508 e. The predicted molar refractivity (Wildman–Crippen MR) is 287 cm³/mol. The van der Waals surface area contributed by atoms with Gasteiger partial charge >= 0.3 is 23.9 Å². The molecule has 4 amide bonds. The Morgan fingerprint density at radius 2 is 1.38 bits per heavy atom. The van der Waals surface area contributed by atoms with Crippen molar-refractivity contribution >= 4 is 41.4 Å². The minimum Gasteiger partial charge on any atom is -0.508 e. The molecule has 0 bridgehead atoms. The molecule has 17 heteroatoms. The van der Waals surface area contributed by atoms with E-state index in [0.717, 1.165) is 35.8 Å². The van der Waals surface area contributed by atoms with E-state index in [9.17, 15) is 14.7 Å². The molecule has 0 radical (unpaired) electrons. The van der Waals surface area contributed by atoms with Crippen molar-refractivity contribution in [3.05, 3.63) is 191 Å². The molecule has 0 aliphatic carbocycles. The van der Waals surface area contributed by atoms with Crippen LogP contribution in [0.1, 0.15) is 76.5 Å². The second-order valence-corrected chi connectivity index (χ2v) is 20.2. The van der Waals surface area contributed by atoms with Crippen LogP contribution in [0.2, 0.25) is 0 Å². The number of amides is 4. The molecule has 3 saturated heterocycles. The second kappa shape index (κ2) is 21.8. The Bertz CT molecular complexity index is 3360. The van der Waals surface area contributed by atoms with E-state index in [0.29, 0.717) is 47.8 Å². The van der Waals surface area contributed by atoms with Crippen LogP contribution in [0.25, 0.3) is 0 Å². The van der Waals surface area contributed by atoms with Crippen LogP contribution < -0.4 is 19.7 Å². The first-order valence-electron chi connectivity index (χ1n) is 26.2. The van der Waals surface area contributed by atoms with Gasteiger partial charge in [-0.05, 0) is 82.8 Å². The Hall–Kier alpha value is -8.98. The molecule has 5 heterocycles. The standard InChI is InChI=1S/C62H57N5O12/c1-38(41-15-7-4-8-16-41)63-61(74)66-48-28-22-39(14-13-21-46(57(70)75-2)58(71)76-3)34-47(48)62(60(66)73)51(56(69)65-32-30-64(31-33-65)36-40-23-29-49-50(35-40)78-37-77-49)53-59(72)79-54(43-19-11-6-12-20-43)52(42-17-9-5-10-18-42)67(53)55(62)44-24-26-45(68)27-25-44/h4-12,15-20,22-29,34-35,38,46,51-55,68H,21,30-33,36-37H2,1-3H3,(H,63,74)/t38-,51+,52+,53+,54-,55-,62+/m1/s1. The van der Waals surface area contributed by atoms with E-state index in [2.05, 4.69) is 22.1 Å². The molecule has 17 nitrogen and oxygen atoms in total. The van der Waals surface area contributed by atoms with Gasteiger partial charge in [0, 0.05) is 44.7 Å². The number of carbonyl (C=O) groups is 6. The molecule has 7 atom stereocenters. The average Bonchev–Trinajstić information content (AvgIpc) is 2.19. The van der Waals surface area contributed by atoms with Gasteiger partial charge in [-0.2, -0.15) is 0 Å². The van der Waals surface area contributed by atoms with E-state index in [1.54, 1.807) is 42.2 Å². The molecule has 2 N–H and O–H groups in total. The van der Waals surface area contributed by atoms with Gasteiger partial charge in [0.05, 0.1) is 44.0 Å². The summed E-state index contributed by atoms with van der Waals surface area (Å²) in [5.74, 6) is 0.658. The van der Waals surface area contributed by atoms with Gasteiger partial charge in [-0.1, -0.05) is 121 Å². The number of phenolic OH excluding ortho intramolecular Hbond substituents is 1. The molecule has 5 aliphatic heterocycles. The van der Waals surface area contributed by atoms with Crippen molar-refractivity contribution < 1.29 is 57.6 Å². The molecule has 6 aromatic rings. The van der Waals surface area contributed by atoms with Crippen LogP contribution in [0.3, 0.4) is 0 Å². The molecule has 3 fully saturated rings. The molecule has 1 spiro atoms. The van der Waals surface area contributed by atoms with Crippen LogP contribution in [0.5, 0.6) is 17.2 Å². The van der Waals surface area contributed by atoms with Gasteiger partial charge in [0.15, 0.2) is 17.4 Å². The lowest BCUT2D eigenvalue weighted by molar-refractivity contribution is -0.179. The number of cyclic esters (lactones) is 1. The van der Waals surface area contributed by atoms with Crippen LogP contribution in [-0.2, 0) is 50.1 Å². The highest BCUT2D eigenvalue weighted by Gasteiger charge is 2.76. The molecule has 0 aromatic heterocycles. The SMILES string of the molecule is COC(=O)C(CC#Cc1ccc2c(c1)[C@]1(C(=O)N2C(=O)N[C@H](C)c2ccccc2)[C@H](C(=O)N2CCN(Cc3ccc4c(c3)OCO4)CC2)[C@H]2C(=O)O[C@H](c3ccccc3)[C@H](c3ccccc3)N2[C@@H]1c1ccc(O)cc1)C(=O)OC. The summed E-state index contributed by atoms with van der Waals surface area (Å²) in [5, 5.41) is 14.0. The number of aromatic hydroxyl groups is 1. The third kappa shape index (κ3) is 9.46. The summed E-state index contributed by atoms with van der Waals surface area (Å²) in [6, 6.07) is 40.2. The highest BCUT2D eigenvalue weighted by atomic mass is 16.7. The number of hydrogen-bond acceptors (Lipinski definition) is 14. The first-order valence-corrected chi connectivity index (χ1v) is 26.2. The summed E-state index contributed by atoms with van der Waals surface area (Å²) in [5.41, 5.74) is 2.19. The van der Waals surface area contributed by atoms with Crippen LogP contribution in [0.4, 0.5) is 10.5 Å². The Balaban J connectivity index is 1.11. The first-order chi connectivity index (χ1) is 38.4. The minimum atomic E-state index is -2.11. The van der Waals surface area contributed by atoms with E-state index < -0.39 is 83.3 Å². The van der Waals surface area contributed by atoms with Gasteiger partial charge < -0.3 is 39.0 Å². The number of hydrogen-bond donors (Lipinski definition) is 2. The lowest BCUT2D eigenvalue weighted by atomic mass is 9.64. The molecule has 79 heavy (non-hydrogen) atoms. The maximum absolute atomic E-state index is 16.9. The van der Waals surface area contributed by atoms with E-state index in [4.69, 9.17) is 23.7 Å². The number of urea groups is 1. The van der Waals surface area contributed by atoms with Crippen LogP contribution in [0, 0.1) is 23.7 Å². The maximum atomic E-state index is 16.9. The summed E-state index contributed by atoms with van der Waals surface area (Å²) < 4.78 is 27.7. The number of carbonyl (C=O) groups excluding carboxylic acids is 6. The Labute approximate surface area is 456 Å². The van der Waals surface area contributed by atoms with E-state index in [-0.39, 0.29) is 43.3 Å². The van der Waals surface area contributed by atoms with Crippen LogP contribution >= 0.6 is 0 Å². The third-order valence-corrected chi connectivity index (χ3v) is 15.8. The number of ether oxygens (including phenoxy) is 5. The fourth-order valence-electron chi connectivity index (χ4n) is 12.1. The fraction of sp³-hybridized carbons (Fsp3) is 0.290. The first kappa shape index (κ1) is 52.1. The van der Waals surface area contributed by atoms with Crippen molar-refractivity contribution in [1.29, 1.82) is 0 Å². The van der Waals surface area contributed by atoms with Crippen molar-refractivity contribution in [3.63, 3.8) is 0 Å². The average molecular weight is 1060 g/mol.